The molecule has 25 heavy (non-hydrogen) atoms. The summed E-state index contributed by atoms with van der Waals surface area (Å²) in [6, 6.07) is 2.02. The normalized spacial score (nSPS) is 20.4. The second-order valence-corrected chi connectivity index (χ2v) is 6.55. The van der Waals surface area contributed by atoms with Crippen molar-refractivity contribution in [2.24, 2.45) is 13.0 Å². The van der Waals surface area contributed by atoms with E-state index in [0.29, 0.717) is 6.54 Å². The zero-order valence-electron chi connectivity index (χ0n) is 14.5. The van der Waals surface area contributed by atoms with Crippen LogP contribution in [-0.2, 0) is 11.8 Å². The van der Waals surface area contributed by atoms with Crippen molar-refractivity contribution in [2.45, 2.75) is 12.8 Å². The lowest BCUT2D eigenvalue weighted by atomic mass is 9.90. The van der Waals surface area contributed by atoms with Gasteiger partial charge in [0.1, 0.15) is 5.52 Å². The molecule has 1 aliphatic rings. The van der Waals surface area contributed by atoms with Crippen LogP contribution in [0, 0.1) is 12.8 Å². The number of hydrogen-bond donors (Lipinski definition) is 1. The van der Waals surface area contributed by atoms with Crippen molar-refractivity contribution >= 4 is 17.2 Å². The fourth-order valence-electron chi connectivity index (χ4n) is 3.67. The zero-order valence-corrected chi connectivity index (χ0v) is 14.5. The molecule has 4 heterocycles. The first-order valence-corrected chi connectivity index (χ1v) is 8.33. The van der Waals surface area contributed by atoms with E-state index in [9.17, 15) is 4.79 Å². The molecule has 8 nitrogen and oxygen atoms in total. The third kappa shape index (κ3) is 2.63. The Morgan fingerprint density at radius 2 is 2.20 bits per heavy atom. The second-order valence-electron chi connectivity index (χ2n) is 6.55. The van der Waals surface area contributed by atoms with Crippen molar-refractivity contribution in [1.29, 1.82) is 0 Å². The summed E-state index contributed by atoms with van der Waals surface area (Å²) < 4.78 is 3.61. The molecule has 130 valence electrons. The monoisotopic (exact) mass is 339 g/mol. The van der Waals surface area contributed by atoms with Gasteiger partial charge in [-0.2, -0.15) is 10.2 Å². The van der Waals surface area contributed by atoms with Crippen molar-refractivity contribution in [3.63, 3.8) is 0 Å². The molecule has 0 spiro atoms. The summed E-state index contributed by atoms with van der Waals surface area (Å²) >= 11 is 0. The maximum Gasteiger partial charge on any atom is 0.225 e. The standard InChI is InChI=1S/C17H21N7O/c1-11-6-15-16(19-4-5-24(15)21-11)23-9-13(12-7-20-22(3)8-12)14(10-23)17(25)18-2/h4-8,13-14H,9-10H2,1-3H3,(H,18,25)/t13-,14+/m1/s1. The van der Waals surface area contributed by atoms with Gasteiger partial charge in [0.2, 0.25) is 5.91 Å². The number of aromatic nitrogens is 5. The number of nitrogens with zero attached hydrogens (tertiary/aromatic N) is 6. The second kappa shape index (κ2) is 5.87. The Hall–Kier alpha value is -2.90. The molecule has 0 unspecified atom stereocenters. The van der Waals surface area contributed by atoms with Crippen LogP contribution in [0.4, 0.5) is 5.82 Å². The number of hydrogen-bond acceptors (Lipinski definition) is 5. The third-order valence-corrected chi connectivity index (χ3v) is 4.85. The summed E-state index contributed by atoms with van der Waals surface area (Å²) in [5, 5.41) is 11.5. The van der Waals surface area contributed by atoms with Crippen LogP contribution in [0.3, 0.4) is 0 Å². The van der Waals surface area contributed by atoms with E-state index < -0.39 is 0 Å². The van der Waals surface area contributed by atoms with E-state index in [1.165, 1.54) is 0 Å². The fourth-order valence-corrected chi connectivity index (χ4v) is 3.67. The number of rotatable bonds is 3. The molecule has 8 heteroatoms. The van der Waals surface area contributed by atoms with Gasteiger partial charge in [-0.05, 0) is 18.6 Å². The smallest absolute Gasteiger partial charge is 0.225 e. The number of amides is 1. The SMILES string of the molecule is CNC(=O)[C@H]1CN(c2nccn3nc(C)cc23)C[C@@H]1c1cnn(C)c1. The molecule has 3 aromatic rings. The maximum absolute atomic E-state index is 12.4. The van der Waals surface area contributed by atoms with Gasteiger partial charge in [0, 0.05) is 51.7 Å². The summed E-state index contributed by atoms with van der Waals surface area (Å²) in [4.78, 5) is 19.2. The average Bonchev–Trinajstić information content (AvgIpc) is 3.30. The van der Waals surface area contributed by atoms with Crippen molar-refractivity contribution < 1.29 is 4.79 Å². The van der Waals surface area contributed by atoms with Crippen LogP contribution >= 0.6 is 0 Å². The Balaban J connectivity index is 1.72. The molecule has 0 aromatic carbocycles. The number of anilines is 1. The number of fused-ring (bicyclic) bond motifs is 1. The maximum atomic E-state index is 12.4. The first-order valence-electron chi connectivity index (χ1n) is 8.33. The molecular formula is C17H21N7O. The highest BCUT2D eigenvalue weighted by Gasteiger charge is 2.39. The highest BCUT2D eigenvalue weighted by molar-refractivity contribution is 5.82. The Morgan fingerprint density at radius 3 is 2.92 bits per heavy atom. The molecule has 2 atom stereocenters. The largest absolute Gasteiger partial charge is 0.359 e. The third-order valence-electron chi connectivity index (χ3n) is 4.85. The zero-order chi connectivity index (χ0) is 17.6. The minimum atomic E-state index is -0.139. The van der Waals surface area contributed by atoms with Gasteiger partial charge >= 0.3 is 0 Å². The van der Waals surface area contributed by atoms with Gasteiger partial charge in [-0.1, -0.05) is 0 Å². The highest BCUT2D eigenvalue weighted by Crippen LogP contribution is 2.36. The lowest BCUT2D eigenvalue weighted by Gasteiger charge is -2.17. The lowest BCUT2D eigenvalue weighted by Crippen LogP contribution is -2.32. The Kier molecular flexibility index (Phi) is 3.67. The van der Waals surface area contributed by atoms with Gasteiger partial charge in [-0.25, -0.2) is 9.50 Å². The summed E-state index contributed by atoms with van der Waals surface area (Å²) in [7, 11) is 3.58. The number of carbonyl (C=O) groups excluding carboxylic acids is 1. The van der Waals surface area contributed by atoms with E-state index in [4.69, 9.17) is 0 Å². The van der Waals surface area contributed by atoms with Crippen molar-refractivity contribution in [3.05, 3.63) is 42.1 Å². The van der Waals surface area contributed by atoms with Gasteiger partial charge in [0.15, 0.2) is 5.82 Å². The van der Waals surface area contributed by atoms with Crippen LogP contribution in [0.2, 0.25) is 0 Å². The van der Waals surface area contributed by atoms with E-state index in [-0.39, 0.29) is 17.7 Å². The first-order chi connectivity index (χ1) is 12.1. The van der Waals surface area contributed by atoms with Crippen molar-refractivity contribution in [3.8, 4) is 0 Å². The van der Waals surface area contributed by atoms with Crippen LogP contribution in [0.1, 0.15) is 17.2 Å². The molecule has 1 fully saturated rings. The van der Waals surface area contributed by atoms with Crippen molar-refractivity contribution in [2.75, 3.05) is 25.0 Å². The Morgan fingerprint density at radius 1 is 1.36 bits per heavy atom. The molecular weight excluding hydrogens is 318 g/mol. The van der Waals surface area contributed by atoms with Gasteiger partial charge in [-0.15, -0.1) is 0 Å². The van der Waals surface area contributed by atoms with E-state index in [1.807, 2.05) is 43.1 Å². The van der Waals surface area contributed by atoms with Crippen LogP contribution in [0.15, 0.2) is 30.9 Å². The van der Waals surface area contributed by atoms with Crippen LogP contribution in [0.25, 0.3) is 5.52 Å². The summed E-state index contributed by atoms with van der Waals surface area (Å²) in [5.41, 5.74) is 2.98. The first kappa shape index (κ1) is 15.6. The molecule has 1 aliphatic heterocycles. The molecule has 1 amide bonds. The number of nitrogens with one attached hydrogen (secondary N) is 1. The summed E-state index contributed by atoms with van der Waals surface area (Å²) in [6.45, 7) is 3.31. The Bertz CT molecular complexity index is 928. The van der Waals surface area contributed by atoms with E-state index >= 15 is 0 Å². The number of carbonyl (C=O) groups is 1. The quantitative estimate of drug-likeness (QED) is 0.761. The lowest BCUT2D eigenvalue weighted by molar-refractivity contribution is -0.124. The fraction of sp³-hybridized carbons (Fsp3) is 0.412. The molecule has 0 aliphatic carbocycles. The predicted molar refractivity (Wildman–Crippen MR) is 93.4 cm³/mol. The molecule has 0 radical (unpaired) electrons. The molecule has 0 bridgehead atoms. The van der Waals surface area contributed by atoms with Crippen LogP contribution < -0.4 is 10.2 Å². The molecule has 4 rings (SSSR count). The van der Waals surface area contributed by atoms with Crippen LogP contribution in [-0.4, -0.2) is 50.4 Å². The predicted octanol–water partition coefficient (Wildman–Crippen LogP) is 0.737. The van der Waals surface area contributed by atoms with Crippen LogP contribution in [0.5, 0.6) is 0 Å². The van der Waals surface area contributed by atoms with Gasteiger partial charge in [-0.3, -0.25) is 9.48 Å². The summed E-state index contributed by atoms with van der Waals surface area (Å²) in [6.07, 6.45) is 7.43. The molecule has 0 saturated carbocycles. The van der Waals surface area contributed by atoms with Gasteiger partial charge in [0.05, 0.1) is 17.8 Å². The molecule has 3 aromatic heterocycles. The number of aryl methyl sites for hydroxylation is 2. The molecule has 1 saturated heterocycles. The average molecular weight is 339 g/mol. The van der Waals surface area contributed by atoms with Gasteiger partial charge < -0.3 is 10.2 Å². The van der Waals surface area contributed by atoms with Crippen molar-refractivity contribution in [1.82, 2.24) is 29.7 Å². The summed E-state index contributed by atoms with van der Waals surface area (Å²) in [5.74, 6) is 0.858. The van der Waals surface area contributed by atoms with Gasteiger partial charge in [0.25, 0.3) is 0 Å². The van der Waals surface area contributed by atoms with E-state index in [2.05, 4.69) is 25.4 Å². The topological polar surface area (TPSA) is 80.3 Å². The van der Waals surface area contributed by atoms with E-state index in [0.717, 1.165) is 29.1 Å². The highest BCUT2D eigenvalue weighted by atomic mass is 16.1. The minimum Gasteiger partial charge on any atom is -0.359 e. The minimum absolute atomic E-state index is 0.0491. The van der Waals surface area contributed by atoms with E-state index in [1.54, 1.807) is 17.9 Å². The Labute approximate surface area is 145 Å². The molecule has 1 N–H and O–H groups in total.